The summed E-state index contributed by atoms with van der Waals surface area (Å²) in [6.07, 6.45) is 4.13. The predicted octanol–water partition coefficient (Wildman–Crippen LogP) is 31.4. The smallest absolute Gasteiger partial charge is 0.306 e. The first-order chi connectivity index (χ1) is 67.8. The molecule has 0 aromatic heterocycles. The van der Waals surface area contributed by atoms with E-state index in [-0.39, 0.29) is 30.3 Å². The van der Waals surface area contributed by atoms with E-state index >= 15 is 0 Å². The van der Waals surface area contributed by atoms with Crippen LogP contribution in [0.1, 0.15) is 54.9 Å². The second-order valence-electron chi connectivity index (χ2n) is 34.1. The second kappa shape index (κ2) is 45.8. The molecule has 12 nitrogen and oxygen atoms in total. The summed E-state index contributed by atoms with van der Waals surface area (Å²) in [4.78, 5) is 56.7. The van der Waals surface area contributed by atoms with Crippen molar-refractivity contribution in [2.75, 3.05) is 54.1 Å². The molecule has 18 aromatic rings. The maximum absolute atomic E-state index is 12.3. The van der Waals surface area contributed by atoms with Gasteiger partial charge in [-0.25, -0.2) is 0 Å². The number of nitrogens with zero attached hydrogens (tertiary/aromatic N) is 4. The van der Waals surface area contributed by atoms with Crippen molar-refractivity contribution in [3.05, 3.63) is 483 Å². The number of hydrogen-bond donors (Lipinski definition) is 0. The quantitative estimate of drug-likeness (QED) is 0.0214. The van der Waals surface area contributed by atoms with E-state index in [2.05, 4.69) is 456 Å². The monoisotopic (exact) mass is 1800 g/mol. The highest BCUT2D eigenvalue weighted by Crippen LogP contribution is 2.44. The molecule has 0 saturated carbocycles. The third kappa shape index (κ3) is 23.9. The summed E-state index contributed by atoms with van der Waals surface area (Å²) >= 11 is 0. The number of carbonyl (C=O) groups excluding carboxylic acids is 4. The highest BCUT2D eigenvalue weighted by atomic mass is 16.6. The molecule has 18 rings (SSSR count). The third-order valence-corrected chi connectivity index (χ3v) is 24.9. The van der Waals surface area contributed by atoms with Gasteiger partial charge in [0.05, 0.1) is 20.8 Å². The van der Waals surface area contributed by atoms with E-state index in [1.54, 1.807) is 14.0 Å². The summed E-state index contributed by atoms with van der Waals surface area (Å²) in [7, 11) is 4.44. The number of hydrogen-bond acceptors (Lipinski definition) is 12. The van der Waals surface area contributed by atoms with Crippen LogP contribution in [0.5, 0.6) is 0 Å². The maximum atomic E-state index is 12.3. The van der Waals surface area contributed by atoms with Crippen LogP contribution in [0, 0.1) is 0 Å². The van der Waals surface area contributed by atoms with Crippen LogP contribution in [-0.4, -0.2) is 58.2 Å². The van der Waals surface area contributed by atoms with Crippen molar-refractivity contribution in [1.82, 2.24) is 0 Å². The molecule has 0 aliphatic carbocycles. The first-order valence-corrected chi connectivity index (χ1v) is 46.9. The Hall–Kier alpha value is -16.8. The molecule has 0 fully saturated rings. The second-order valence-corrected chi connectivity index (χ2v) is 34.1. The number of carbonyl (C=O) groups is 4. The molecule has 0 saturated heterocycles. The Morgan fingerprint density at radius 3 is 0.500 bits per heavy atom. The molecule has 0 radical (unpaired) electrons. The number of ether oxygens (including phenoxy) is 4. The minimum atomic E-state index is -0.225. The number of anilines is 12. The number of esters is 3. The van der Waals surface area contributed by atoms with Crippen molar-refractivity contribution in [3.8, 4) is 89.0 Å². The molecule has 18 aromatic carbocycles. The van der Waals surface area contributed by atoms with Gasteiger partial charge in [-0.05, 0) is 289 Å². The maximum Gasteiger partial charge on any atom is 0.306 e. The van der Waals surface area contributed by atoms with Crippen molar-refractivity contribution in [2.24, 2.45) is 0 Å². The molecule has 0 atom stereocenters. The zero-order valence-corrected chi connectivity index (χ0v) is 78.0. The zero-order valence-electron chi connectivity index (χ0n) is 78.0. The van der Waals surface area contributed by atoms with Crippen LogP contribution in [-0.2, 0) is 63.8 Å². The summed E-state index contributed by atoms with van der Waals surface area (Å²) < 4.78 is 20.0. The highest BCUT2D eigenvalue weighted by Gasteiger charge is 2.22. The van der Waals surface area contributed by atoms with Crippen LogP contribution in [0.15, 0.2) is 461 Å². The van der Waals surface area contributed by atoms with Crippen molar-refractivity contribution >= 4 is 91.9 Å². The average Bonchev–Trinajstić information content (AvgIpc) is 0.802. The minimum Gasteiger partial charge on any atom is -0.469 e. The third-order valence-electron chi connectivity index (χ3n) is 24.9. The van der Waals surface area contributed by atoms with E-state index in [1.165, 1.54) is 42.0 Å². The molecule has 0 unspecified atom stereocenters. The number of benzene rings is 18. The van der Waals surface area contributed by atoms with Gasteiger partial charge in [0.25, 0.3) is 0 Å². The fourth-order valence-corrected chi connectivity index (χ4v) is 17.3. The van der Waals surface area contributed by atoms with Gasteiger partial charge in [-0.2, -0.15) is 0 Å². The van der Waals surface area contributed by atoms with E-state index in [0.717, 1.165) is 158 Å². The van der Waals surface area contributed by atoms with Gasteiger partial charge in [-0.3, -0.25) is 14.4 Å². The van der Waals surface area contributed by atoms with Crippen LogP contribution in [0.4, 0.5) is 68.2 Å². The van der Waals surface area contributed by atoms with Crippen molar-refractivity contribution in [3.63, 3.8) is 0 Å². The Labute approximate surface area is 809 Å². The topological polar surface area (TPSA) is 118 Å². The molecule has 0 heterocycles. The summed E-state index contributed by atoms with van der Waals surface area (Å²) in [5.74, 6) is -0.447. The van der Waals surface area contributed by atoms with Gasteiger partial charge < -0.3 is 43.3 Å². The minimum absolute atomic E-state index is 0.200. The number of Topliss-reactive ketones (excluding diaryl/α,β-unsaturated/α-hetero) is 1. The van der Waals surface area contributed by atoms with Gasteiger partial charge in [-0.15, -0.1) is 0 Å². The SMILES string of the molecule is COC(=O)CCc1ccc(N(c2ccc(-c3ccccc3)cc2)c2ccc(-c3ccc(-c4ccc(N(c5ccc(CCC(=O)OC)cc5)c5ccc(-c6ccccc6)cc5)cc4)cc3)cc2)cc1.COCCOC(=O)CCc1ccc(N(c2ccc(-c3ccccc3)cc2)c2ccc(-c3ccc(-c4ccc(N(c5ccc(CCC(C)=O)cc5)c5ccc(-c6ccccc6)cc5)cc4)cc3)cc2)cc1. The lowest BCUT2D eigenvalue weighted by atomic mass is 9.99. The standard InChI is InChI=1S/C64H56N2O4.C62H52N2O4/c1-47(67)13-14-48-15-32-58(33-16-48)65(60-36-24-54(25-37-60)50-9-5-3-6-10-50)62-40-28-56(29-41-62)52-20-22-53(23-21-52)57-30-42-63(43-31-57)66(61-38-26-55(27-39-61)51-11-7-4-8-12-51)59-34-17-49(18-35-59)19-44-64(68)70-46-45-69-2;1-67-61(65)43-17-45-13-31-55(32-14-45)63(57-35-23-51(24-36-57)47-9-5-3-6-10-47)59-39-27-53(28-40-59)49-19-21-50(22-20-49)54-29-41-60(42-30-54)64(56-33-15-46(16-34-56)18-44-62(66)68-2)58-37-25-52(26-38-58)48-11-7-4-8-12-48/h3-12,15-18,20-43H,13-14,19,44-46H2,1-2H3;3-16,19-42H,17-18,43-44H2,1-2H3. The molecule has 680 valence electrons. The summed E-state index contributed by atoms with van der Waals surface area (Å²) in [6.45, 7) is 2.30. The lowest BCUT2D eigenvalue weighted by Gasteiger charge is -2.26. The van der Waals surface area contributed by atoms with E-state index in [4.69, 9.17) is 18.9 Å². The molecule has 138 heavy (non-hydrogen) atoms. The average molecular weight is 1810 g/mol. The van der Waals surface area contributed by atoms with Crippen LogP contribution < -0.4 is 19.6 Å². The Morgan fingerprint density at radius 2 is 0.333 bits per heavy atom. The van der Waals surface area contributed by atoms with Crippen LogP contribution >= 0.6 is 0 Å². The van der Waals surface area contributed by atoms with Gasteiger partial charge in [0, 0.05) is 101 Å². The first kappa shape index (κ1) is 93.0. The molecular weight excluding hydrogens is 1700 g/mol. The fourth-order valence-electron chi connectivity index (χ4n) is 17.3. The summed E-state index contributed by atoms with van der Waals surface area (Å²) in [5.41, 5.74) is 35.2. The lowest BCUT2D eigenvalue weighted by molar-refractivity contribution is -0.145. The van der Waals surface area contributed by atoms with Crippen LogP contribution in [0.2, 0.25) is 0 Å². The number of aryl methyl sites for hydroxylation is 4. The van der Waals surface area contributed by atoms with Gasteiger partial charge in [0.2, 0.25) is 0 Å². The summed E-state index contributed by atoms with van der Waals surface area (Å²) in [5, 5.41) is 0. The van der Waals surface area contributed by atoms with E-state index in [1.807, 2.05) is 24.3 Å². The van der Waals surface area contributed by atoms with E-state index in [9.17, 15) is 19.2 Å². The van der Waals surface area contributed by atoms with E-state index < -0.39 is 0 Å². The molecule has 12 heteroatoms. The van der Waals surface area contributed by atoms with Gasteiger partial charge in [0.1, 0.15) is 12.4 Å². The van der Waals surface area contributed by atoms with Crippen LogP contribution in [0.3, 0.4) is 0 Å². The predicted molar refractivity (Wildman–Crippen MR) is 566 cm³/mol. The van der Waals surface area contributed by atoms with Gasteiger partial charge in [-0.1, -0.05) is 315 Å². The molecule has 0 aliphatic rings. The number of methoxy groups -OCH3 is 3. The highest BCUT2D eigenvalue weighted by molar-refractivity contribution is 5.87. The van der Waals surface area contributed by atoms with Crippen molar-refractivity contribution < 1.29 is 38.1 Å². The molecule has 0 aliphatic heterocycles. The molecule has 0 N–H and O–H groups in total. The molecular formula is C126H108N4O8. The summed E-state index contributed by atoms with van der Waals surface area (Å²) in [6, 6.07) is 163. The number of rotatable bonds is 35. The fraction of sp³-hybridized carbons (Fsp3) is 0.111. The Balaban J connectivity index is 0.000000191. The van der Waals surface area contributed by atoms with Gasteiger partial charge in [0.15, 0.2) is 0 Å². The van der Waals surface area contributed by atoms with Crippen LogP contribution in [0.25, 0.3) is 89.0 Å². The largest absolute Gasteiger partial charge is 0.469 e. The Kier molecular flexibility index (Phi) is 30.8. The Morgan fingerprint density at radius 1 is 0.181 bits per heavy atom. The van der Waals surface area contributed by atoms with Gasteiger partial charge >= 0.3 is 17.9 Å². The zero-order chi connectivity index (χ0) is 94.7. The van der Waals surface area contributed by atoms with Crippen molar-refractivity contribution in [2.45, 2.75) is 58.3 Å². The number of ketones is 1. The molecule has 0 spiro atoms. The molecule has 0 amide bonds. The van der Waals surface area contributed by atoms with E-state index in [0.29, 0.717) is 51.6 Å². The Bertz CT molecular complexity index is 6770. The normalized spacial score (nSPS) is 10.9. The van der Waals surface area contributed by atoms with Crippen molar-refractivity contribution in [1.29, 1.82) is 0 Å². The molecule has 0 bridgehead atoms. The lowest BCUT2D eigenvalue weighted by Crippen LogP contribution is -2.11. The first-order valence-electron chi connectivity index (χ1n) is 46.9.